The van der Waals surface area contributed by atoms with Gasteiger partial charge in [0, 0.05) is 17.0 Å². The van der Waals surface area contributed by atoms with Crippen molar-refractivity contribution in [1.82, 2.24) is 5.16 Å². The number of benzene rings is 3. The lowest BCUT2D eigenvalue weighted by molar-refractivity contribution is 0.298. The minimum atomic E-state index is 0.113. The van der Waals surface area contributed by atoms with Gasteiger partial charge < -0.3 is 14.4 Å². The third kappa shape index (κ3) is 5.90. The Morgan fingerprint density at radius 3 is 2.23 bits per heavy atom. The molecule has 0 saturated carbocycles. The number of ether oxygens (including phenoxy) is 1. The predicted octanol–water partition coefficient (Wildman–Crippen LogP) is 9.39. The highest BCUT2D eigenvalue weighted by molar-refractivity contribution is 6.39. The summed E-state index contributed by atoms with van der Waals surface area (Å²) in [5.41, 5.74) is 4.71. The Kier molecular flexibility index (Phi) is 9.02. The molecule has 0 aliphatic heterocycles. The van der Waals surface area contributed by atoms with Crippen molar-refractivity contribution in [3.05, 3.63) is 94.2 Å². The molecule has 0 amide bonds. The summed E-state index contributed by atoms with van der Waals surface area (Å²) >= 11 is 12.8. The maximum atomic E-state index is 9.87. The molecule has 0 atom stereocenters. The maximum Gasteiger partial charge on any atom is 0.146 e. The molecule has 0 aliphatic rings. The molecule has 0 saturated heterocycles. The fourth-order valence-corrected chi connectivity index (χ4v) is 4.21. The Morgan fingerprint density at radius 2 is 1.63 bits per heavy atom. The summed E-state index contributed by atoms with van der Waals surface area (Å²) in [5.74, 6) is 1.76. The molecule has 6 heteroatoms. The van der Waals surface area contributed by atoms with Gasteiger partial charge in [0.2, 0.25) is 0 Å². The predicted molar refractivity (Wildman–Crippen MR) is 145 cm³/mol. The minimum absolute atomic E-state index is 0.113. The molecule has 0 bridgehead atoms. The van der Waals surface area contributed by atoms with Gasteiger partial charge in [-0.2, -0.15) is 0 Å². The van der Waals surface area contributed by atoms with Crippen LogP contribution in [0.2, 0.25) is 10.0 Å². The molecule has 1 heterocycles. The summed E-state index contributed by atoms with van der Waals surface area (Å²) < 4.78 is 11.7. The Morgan fingerprint density at radius 1 is 1.00 bits per heavy atom. The van der Waals surface area contributed by atoms with E-state index in [1.807, 2.05) is 64.1 Å². The van der Waals surface area contributed by atoms with E-state index in [-0.39, 0.29) is 18.3 Å². The summed E-state index contributed by atoms with van der Waals surface area (Å²) in [6.07, 6.45) is 1.63. The fourth-order valence-electron chi connectivity index (χ4n) is 3.63. The summed E-state index contributed by atoms with van der Waals surface area (Å²) in [7, 11) is 0. The Labute approximate surface area is 216 Å². The zero-order valence-corrected chi connectivity index (χ0v) is 21.8. The van der Waals surface area contributed by atoms with Crippen LogP contribution in [0.4, 0.5) is 0 Å². The van der Waals surface area contributed by atoms with Crippen molar-refractivity contribution >= 4 is 29.3 Å². The van der Waals surface area contributed by atoms with E-state index in [2.05, 4.69) is 11.7 Å². The van der Waals surface area contributed by atoms with Crippen LogP contribution in [0.15, 0.2) is 71.8 Å². The smallest absolute Gasteiger partial charge is 0.146 e. The van der Waals surface area contributed by atoms with Gasteiger partial charge in [-0.25, -0.2) is 0 Å². The molecule has 0 radical (unpaired) electrons. The number of aromatic hydroxyl groups is 1. The van der Waals surface area contributed by atoms with Crippen LogP contribution in [0, 0.1) is 0 Å². The third-order valence-electron chi connectivity index (χ3n) is 5.36. The molecule has 4 aromatic rings. The maximum absolute atomic E-state index is 9.87. The average molecular weight is 510 g/mol. The first-order chi connectivity index (χ1) is 16.9. The van der Waals surface area contributed by atoms with Crippen molar-refractivity contribution in [3.8, 4) is 33.9 Å². The number of phenols is 1. The lowest BCUT2D eigenvalue weighted by Crippen LogP contribution is -2.01. The van der Waals surface area contributed by atoms with Crippen molar-refractivity contribution in [3.63, 3.8) is 0 Å². The molecular formula is C29H29Cl2NO3. The van der Waals surface area contributed by atoms with Crippen LogP contribution in [-0.2, 0) is 6.61 Å². The van der Waals surface area contributed by atoms with E-state index in [9.17, 15) is 5.11 Å². The van der Waals surface area contributed by atoms with Gasteiger partial charge in [0.15, 0.2) is 0 Å². The molecule has 3 aromatic carbocycles. The van der Waals surface area contributed by atoms with Gasteiger partial charge in [0.25, 0.3) is 0 Å². The third-order valence-corrected chi connectivity index (χ3v) is 5.99. The SMILES string of the molecule is C=Cc1cc(-c2ccc(OCc3c(-c4c(Cl)cccc4Cl)noc3C(C)C)cc2)ccc1O.CC. The Bertz CT molecular complexity index is 1270. The standard InChI is InChI=1S/C27H23Cl2NO3.C2H6/c1-4-17-14-19(10-13-24(17)31)18-8-11-20(12-9-18)32-15-21-26(30-33-27(21)16(2)3)25-22(28)6-5-7-23(25)29;1-2/h4-14,16,31H,1,15H2,2-3H3;1-2H3. The van der Waals surface area contributed by atoms with E-state index < -0.39 is 0 Å². The van der Waals surface area contributed by atoms with Crippen molar-refractivity contribution in [2.75, 3.05) is 0 Å². The molecule has 0 spiro atoms. The minimum Gasteiger partial charge on any atom is -0.507 e. The lowest BCUT2D eigenvalue weighted by atomic mass is 10.0. The fraction of sp³-hybridized carbons (Fsp3) is 0.207. The first kappa shape index (κ1) is 26.4. The Hall–Kier alpha value is -3.21. The number of hydrogen-bond donors (Lipinski definition) is 1. The molecule has 1 N–H and O–H groups in total. The van der Waals surface area contributed by atoms with Crippen LogP contribution in [0.5, 0.6) is 11.5 Å². The monoisotopic (exact) mass is 509 g/mol. The molecule has 35 heavy (non-hydrogen) atoms. The van der Waals surface area contributed by atoms with Crippen molar-refractivity contribution in [2.45, 2.75) is 40.2 Å². The number of halogens is 2. The average Bonchev–Trinajstić information content (AvgIpc) is 3.28. The topological polar surface area (TPSA) is 55.5 Å². The second kappa shape index (κ2) is 12.0. The number of rotatable bonds is 7. The van der Waals surface area contributed by atoms with Gasteiger partial charge in [0.05, 0.1) is 15.6 Å². The molecule has 0 unspecified atom stereocenters. The zero-order chi connectivity index (χ0) is 25.5. The number of nitrogens with zero attached hydrogens (tertiary/aromatic N) is 1. The molecular weight excluding hydrogens is 481 g/mol. The van der Waals surface area contributed by atoms with E-state index >= 15 is 0 Å². The number of hydrogen-bond acceptors (Lipinski definition) is 4. The van der Waals surface area contributed by atoms with Gasteiger partial charge in [-0.15, -0.1) is 0 Å². The molecule has 4 nitrogen and oxygen atoms in total. The van der Waals surface area contributed by atoms with Crippen LogP contribution in [0.3, 0.4) is 0 Å². The molecule has 1 aromatic heterocycles. The van der Waals surface area contributed by atoms with Gasteiger partial charge in [-0.3, -0.25) is 0 Å². The van der Waals surface area contributed by atoms with Crippen molar-refractivity contribution in [2.24, 2.45) is 0 Å². The quantitative estimate of drug-likeness (QED) is 0.269. The van der Waals surface area contributed by atoms with Crippen LogP contribution < -0.4 is 4.74 Å². The first-order valence-electron chi connectivity index (χ1n) is 11.5. The van der Waals surface area contributed by atoms with E-state index in [4.69, 9.17) is 32.5 Å². The van der Waals surface area contributed by atoms with Crippen LogP contribution in [0.25, 0.3) is 28.5 Å². The summed E-state index contributed by atoms with van der Waals surface area (Å²) in [6, 6.07) is 18.5. The normalized spacial score (nSPS) is 10.6. The van der Waals surface area contributed by atoms with Crippen LogP contribution >= 0.6 is 23.2 Å². The molecule has 0 aliphatic carbocycles. The zero-order valence-electron chi connectivity index (χ0n) is 20.3. The van der Waals surface area contributed by atoms with E-state index in [1.165, 1.54) is 0 Å². The molecule has 182 valence electrons. The van der Waals surface area contributed by atoms with Gasteiger partial charge in [-0.05, 0) is 47.5 Å². The first-order valence-corrected chi connectivity index (χ1v) is 12.3. The Balaban J connectivity index is 0.00000167. The van der Waals surface area contributed by atoms with Gasteiger partial charge >= 0.3 is 0 Å². The second-order valence-electron chi connectivity index (χ2n) is 7.92. The summed E-state index contributed by atoms with van der Waals surface area (Å²) in [6.45, 7) is 12.1. The highest BCUT2D eigenvalue weighted by atomic mass is 35.5. The number of aromatic nitrogens is 1. The van der Waals surface area contributed by atoms with Gasteiger partial charge in [-0.1, -0.05) is 93.0 Å². The molecule has 4 rings (SSSR count). The van der Waals surface area contributed by atoms with Gasteiger partial charge in [0.1, 0.15) is 29.6 Å². The van der Waals surface area contributed by atoms with E-state index in [1.54, 1.807) is 30.3 Å². The van der Waals surface area contributed by atoms with E-state index in [0.29, 0.717) is 32.6 Å². The lowest BCUT2D eigenvalue weighted by Gasteiger charge is -2.11. The highest BCUT2D eigenvalue weighted by Gasteiger charge is 2.23. The van der Waals surface area contributed by atoms with Crippen LogP contribution in [-0.4, -0.2) is 10.3 Å². The van der Waals surface area contributed by atoms with E-state index in [0.717, 1.165) is 22.5 Å². The van der Waals surface area contributed by atoms with Crippen LogP contribution in [0.1, 0.15) is 50.5 Å². The highest BCUT2D eigenvalue weighted by Crippen LogP contribution is 2.39. The van der Waals surface area contributed by atoms with Crippen molar-refractivity contribution < 1.29 is 14.4 Å². The number of phenolic OH excluding ortho intramolecular Hbond substituents is 1. The molecule has 0 fully saturated rings. The summed E-state index contributed by atoms with van der Waals surface area (Å²) in [5, 5.41) is 15.1. The second-order valence-corrected chi connectivity index (χ2v) is 8.73. The largest absolute Gasteiger partial charge is 0.507 e. The summed E-state index contributed by atoms with van der Waals surface area (Å²) in [4.78, 5) is 0. The van der Waals surface area contributed by atoms with Crippen molar-refractivity contribution in [1.29, 1.82) is 0 Å².